The first kappa shape index (κ1) is 12.4. The number of fused-ring (bicyclic) bond motifs is 1. The summed E-state index contributed by atoms with van der Waals surface area (Å²) in [5, 5.41) is 12.8. The van der Waals surface area contributed by atoms with Crippen molar-refractivity contribution in [3.8, 4) is 5.75 Å². The molecule has 18 heavy (non-hydrogen) atoms. The van der Waals surface area contributed by atoms with E-state index in [2.05, 4.69) is 6.92 Å². The molecule has 0 amide bonds. The van der Waals surface area contributed by atoms with Gasteiger partial charge in [0.1, 0.15) is 0 Å². The third kappa shape index (κ3) is 2.42. The number of rotatable bonds is 5. The van der Waals surface area contributed by atoms with Gasteiger partial charge in [-0.2, -0.15) is 0 Å². The van der Waals surface area contributed by atoms with E-state index in [-0.39, 0.29) is 5.69 Å². The van der Waals surface area contributed by atoms with Crippen LogP contribution in [0.4, 0.5) is 5.69 Å². The number of hydrogen-bond acceptors (Lipinski definition) is 3. The highest BCUT2D eigenvalue weighted by Crippen LogP contribution is 2.35. The smallest absolute Gasteiger partial charge is 0.311 e. The lowest BCUT2D eigenvalue weighted by Gasteiger charge is -2.09. The minimum absolute atomic E-state index is 0.0322. The van der Waals surface area contributed by atoms with Crippen molar-refractivity contribution in [3.63, 3.8) is 0 Å². The zero-order valence-electron chi connectivity index (χ0n) is 10.3. The molecule has 0 fully saturated rings. The van der Waals surface area contributed by atoms with Crippen LogP contribution in [0.1, 0.15) is 19.8 Å². The highest BCUT2D eigenvalue weighted by molar-refractivity contribution is 5.91. The van der Waals surface area contributed by atoms with Crippen LogP contribution in [0, 0.1) is 10.1 Å². The molecule has 0 saturated heterocycles. The molecule has 2 aromatic carbocycles. The molecule has 0 heterocycles. The Morgan fingerprint density at radius 3 is 2.72 bits per heavy atom. The number of hydrogen-bond donors (Lipinski definition) is 0. The summed E-state index contributed by atoms with van der Waals surface area (Å²) in [6, 6.07) is 10.8. The molecule has 0 aliphatic rings. The van der Waals surface area contributed by atoms with Gasteiger partial charge in [0.2, 0.25) is 5.75 Å². The number of unbranched alkanes of at least 4 members (excludes halogenated alkanes) is 1. The van der Waals surface area contributed by atoms with E-state index in [1.807, 2.05) is 24.3 Å². The van der Waals surface area contributed by atoms with Crippen LogP contribution in [0.25, 0.3) is 10.8 Å². The summed E-state index contributed by atoms with van der Waals surface area (Å²) in [6.45, 7) is 2.56. The molecule has 0 N–H and O–H groups in total. The minimum Gasteiger partial charge on any atom is -0.486 e. The van der Waals surface area contributed by atoms with Gasteiger partial charge in [0.05, 0.1) is 11.5 Å². The lowest BCUT2D eigenvalue weighted by atomic mass is 10.1. The van der Waals surface area contributed by atoms with Crippen LogP contribution in [0.3, 0.4) is 0 Å². The summed E-state index contributed by atoms with van der Waals surface area (Å²) >= 11 is 0. The SMILES string of the molecule is CCCCOc1c([N+](=O)[O-])ccc2ccccc12. The van der Waals surface area contributed by atoms with Crippen LogP contribution >= 0.6 is 0 Å². The molecule has 0 atom stereocenters. The van der Waals surface area contributed by atoms with Crippen molar-refractivity contribution in [2.24, 2.45) is 0 Å². The summed E-state index contributed by atoms with van der Waals surface area (Å²) in [6.07, 6.45) is 1.89. The molecular formula is C14H15NO3. The van der Waals surface area contributed by atoms with E-state index in [4.69, 9.17) is 4.74 Å². The summed E-state index contributed by atoms with van der Waals surface area (Å²) < 4.78 is 5.61. The van der Waals surface area contributed by atoms with E-state index in [1.54, 1.807) is 6.07 Å². The van der Waals surface area contributed by atoms with Crippen LogP contribution in [0.15, 0.2) is 36.4 Å². The van der Waals surface area contributed by atoms with Crippen molar-refractivity contribution in [3.05, 3.63) is 46.5 Å². The molecular weight excluding hydrogens is 230 g/mol. The van der Waals surface area contributed by atoms with Gasteiger partial charge in [-0.15, -0.1) is 0 Å². The zero-order chi connectivity index (χ0) is 13.0. The number of nitro groups is 1. The van der Waals surface area contributed by atoms with Crippen LogP contribution in [-0.4, -0.2) is 11.5 Å². The summed E-state index contributed by atoms with van der Waals surface area (Å²) in [5.41, 5.74) is 0.0322. The largest absolute Gasteiger partial charge is 0.486 e. The Labute approximate surface area is 105 Å². The summed E-state index contributed by atoms with van der Waals surface area (Å²) in [7, 11) is 0. The van der Waals surface area contributed by atoms with Crippen molar-refractivity contribution in [1.29, 1.82) is 0 Å². The fourth-order valence-electron chi connectivity index (χ4n) is 1.85. The minimum atomic E-state index is -0.395. The third-order valence-corrected chi connectivity index (χ3v) is 2.80. The number of nitro benzene ring substituents is 1. The van der Waals surface area contributed by atoms with E-state index in [9.17, 15) is 10.1 Å². The monoisotopic (exact) mass is 245 g/mol. The highest BCUT2D eigenvalue weighted by atomic mass is 16.6. The van der Waals surface area contributed by atoms with Gasteiger partial charge in [-0.25, -0.2) is 0 Å². The molecule has 0 radical (unpaired) electrons. The Hall–Kier alpha value is -2.10. The first-order chi connectivity index (χ1) is 8.74. The second kappa shape index (κ2) is 5.49. The van der Waals surface area contributed by atoms with Gasteiger partial charge in [-0.05, 0) is 17.9 Å². The molecule has 0 aromatic heterocycles. The maximum Gasteiger partial charge on any atom is 0.311 e. The molecule has 2 aromatic rings. The number of benzene rings is 2. The number of nitrogens with zero attached hydrogens (tertiary/aromatic N) is 1. The van der Waals surface area contributed by atoms with E-state index < -0.39 is 4.92 Å². The van der Waals surface area contributed by atoms with E-state index >= 15 is 0 Å². The standard InChI is InChI=1S/C14H15NO3/c1-2-3-10-18-14-12-7-5-4-6-11(12)8-9-13(14)15(16)17/h4-9H,2-3,10H2,1H3. The Bertz CT molecular complexity index is 566. The third-order valence-electron chi connectivity index (χ3n) is 2.80. The Kier molecular flexibility index (Phi) is 3.77. The molecule has 94 valence electrons. The molecule has 0 saturated carbocycles. The van der Waals surface area contributed by atoms with Gasteiger partial charge in [0.25, 0.3) is 0 Å². The quantitative estimate of drug-likeness (QED) is 0.455. The van der Waals surface area contributed by atoms with Crippen molar-refractivity contribution in [2.45, 2.75) is 19.8 Å². The first-order valence-corrected chi connectivity index (χ1v) is 6.03. The number of ether oxygens (including phenoxy) is 1. The van der Waals surface area contributed by atoms with Crippen LogP contribution in [-0.2, 0) is 0 Å². The lowest BCUT2D eigenvalue weighted by Crippen LogP contribution is -2.01. The predicted molar refractivity (Wildman–Crippen MR) is 71.0 cm³/mol. The average Bonchev–Trinajstić information content (AvgIpc) is 2.38. The van der Waals surface area contributed by atoms with Gasteiger partial charge in [-0.1, -0.05) is 37.6 Å². The van der Waals surface area contributed by atoms with Crippen molar-refractivity contribution < 1.29 is 9.66 Å². The maximum absolute atomic E-state index is 11.0. The molecule has 0 unspecified atom stereocenters. The summed E-state index contributed by atoms with van der Waals surface area (Å²) in [4.78, 5) is 10.6. The Balaban J connectivity index is 2.48. The van der Waals surface area contributed by atoms with Crippen molar-refractivity contribution >= 4 is 16.5 Å². The average molecular weight is 245 g/mol. The molecule has 4 heteroatoms. The fraction of sp³-hybridized carbons (Fsp3) is 0.286. The lowest BCUT2D eigenvalue weighted by molar-refractivity contribution is -0.385. The first-order valence-electron chi connectivity index (χ1n) is 6.03. The maximum atomic E-state index is 11.0. The van der Waals surface area contributed by atoms with E-state index in [1.165, 1.54) is 6.07 Å². The highest BCUT2D eigenvalue weighted by Gasteiger charge is 2.17. The molecule has 0 aliphatic carbocycles. The predicted octanol–water partition coefficient (Wildman–Crippen LogP) is 3.93. The van der Waals surface area contributed by atoms with Crippen LogP contribution in [0.5, 0.6) is 5.75 Å². The van der Waals surface area contributed by atoms with Crippen LogP contribution < -0.4 is 4.74 Å². The van der Waals surface area contributed by atoms with Gasteiger partial charge in [0.15, 0.2) is 0 Å². The molecule has 2 rings (SSSR count). The molecule has 4 nitrogen and oxygen atoms in total. The van der Waals surface area contributed by atoms with Gasteiger partial charge < -0.3 is 4.74 Å². The Morgan fingerprint density at radius 2 is 2.00 bits per heavy atom. The van der Waals surface area contributed by atoms with Gasteiger partial charge in [0, 0.05) is 11.5 Å². The van der Waals surface area contributed by atoms with E-state index in [0.717, 1.165) is 23.6 Å². The van der Waals surface area contributed by atoms with Gasteiger partial charge >= 0.3 is 5.69 Å². The molecule has 0 spiro atoms. The van der Waals surface area contributed by atoms with E-state index in [0.29, 0.717) is 12.4 Å². The van der Waals surface area contributed by atoms with Gasteiger partial charge in [-0.3, -0.25) is 10.1 Å². The zero-order valence-corrected chi connectivity index (χ0v) is 10.3. The van der Waals surface area contributed by atoms with Crippen molar-refractivity contribution in [2.75, 3.05) is 6.61 Å². The normalized spacial score (nSPS) is 10.5. The fourth-order valence-corrected chi connectivity index (χ4v) is 1.85. The second-order valence-electron chi connectivity index (χ2n) is 4.09. The topological polar surface area (TPSA) is 52.4 Å². The Morgan fingerprint density at radius 1 is 1.22 bits per heavy atom. The van der Waals surface area contributed by atoms with Crippen LogP contribution in [0.2, 0.25) is 0 Å². The van der Waals surface area contributed by atoms with Crippen molar-refractivity contribution in [1.82, 2.24) is 0 Å². The molecule has 0 aliphatic heterocycles. The second-order valence-corrected chi connectivity index (χ2v) is 4.09. The summed E-state index contributed by atoms with van der Waals surface area (Å²) in [5.74, 6) is 0.381. The molecule has 0 bridgehead atoms.